The van der Waals surface area contributed by atoms with E-state index in [1.807, 2.05) is 64.1 Å². The zero-order valence-electron chi connectivity index (χ0n) is 19.0. The lowest BCUT2D eigenvalue weighted by Gasteiger charge is -2.11. The lowest BCUT2D eigenvalue weighted by atomic mass is 10.1. The third kappa shape index (κ3) is 5.23. The number of aryl methyl sites for hydroxylation is 4. The van der Waals surface area contributed by atoms with Crippen molar-refractivity contribution >= 4 is 22.6 Å². The second-order valence-electron chi connectivity index (χ2n) is 8.17. The van der Waals surface area contributed by atoms with Crippen LogP contribution in [0.5, 0.6) is 17.2 Å². The van der Waals surface area contributed by atoms with Gasteiger partial charge in [0.1, 0.15) is 23.3 Å². The van der Waals surface area contributed by atoms with Crippen LogP contribution in [0.1, 0.15) is 22.3 Å². The lowest BCUT2D eigenvalue weighted by Crippen LogP contribution is -2.20. The van der Waals surface area contributed by atoms with Crippen LogP contribution in [0.4, 0.5) is 5.69 Å². The number of nitrogens with one attached hydrogen (secondary N) is 1. The third-order valence-electron chi connectivity index (χ3n) is 5.16. The van der Waals surface area contributed by atoms with Gasteiger partial charge < -0.3 is 19.2 Å². The molecule has 6 heteroatoms. The fourth-order valence-corrected chi connectivity index (χ4v) is 3.66. The second-order valence-corrected chi connectivity index (χ2v) is 8.17. The number of carbonyl (C=O) groups is 1. The summed E-state index contributed by atoms with van der Waals surface area (Å²) in [5.74, 6) is 0.827. The van der Waals surface area contributed by atoms with Gasteiger partial charge in [0.15, 0.2) is 6.61 Å². The van der Waals surface area contributed by atoms with Crippen LogP contribution in [0, 0.1) is 27.7 Å². The maximum atomic E-state index is 12.8. The first-order valence-corrected chi connectivity index (χ1v) is 10.6. The lowest BCUT2D eigenvalue weighted by molar-refractivity contribution is -0.118. The molecule has 4 rings (SSSR count). The van der Waals surface area contributed by atoms with Crippen molar-refractivity contribution in [2.75, 3.05) is 11.9 Å². The van der Waals surface area contributed by atoms with E-state index in [0.29, 0.717) is 22.5 Å². The van der Waals surface area contributed by atoms with Crippen LogP contribution in [0.2, 0.25) is 0 Å². The molecule has 0 fully saturated rings. The summed E-state index contributed by atoms with van der Waals surface area (Å²) < 4.78 is 17.0. The van der Waals surface area contributed by atoms with Gasteiger partial charge >= 0.3 is 0 Å². The molecule has 4 aromatic rings. The molecular formula is C27H25NO5. The van der Waals surface area contributed by atoms with Crippen molar-refractivity contribution in [1.29, 1.82) is 0 Å². The molecule has 0 spiro atoms. The molecule has 168 valence electrons. The van der Waals surface area contributed by atoms with Crippen molar-refractivity contribution in [2.24, 2.45) is 0 Å². The molecule has 0 unspecified atom stereocenters. The average molecular weight is 443 g/mol. The number of hydrogen-bond acceptors (Lipinski definition) is 5. The Hall–Kier alpha value is -4.06. The SMILES string of the molecule is Cc1cc(C)cc(Oc2coc3cc(OCC(=O)Nc4ccc(C)cc4C)ccc3c2=O)c1. The zero-order valence-corrected chi connectivity index (χ0v) is 19.0. The molecule has 0 radical (unpaired) electrons. The molecule has 6 nitrogen and oxygen atoms in total. The molecular weight excluding hydrogens is 418 g/mol. The fraction of sp³-hybridized carbons (Fsp3) is 0.185. The minimum atomic E-state index is -0.283. The van der Waals surface area contributed by atoms with Crippen molar-refractivity contribution in [3.05, 3.63) is 93.3 Å². The summed E-state index contributed by atoms with van der Waals surface area (Å²) in [6, 6.07) is 16.4. The molecule has 1 N–H and O–H groups in total. The average Bonchev–Trinajstić information content (AvgIpc) is 2.75. The van der Waals surface area contributed by atoms with E-state index >= 15 is 0 Å². The Kier molecular flexibility index (Phi) is 6.18. The Morgan fingerprint density at radius 2 is 1.64 bits per heavy atom. The van der Waals surface area contributed by atoms with Crippen LogP contribution in [0.25, 0.3) is 11.0 Å². The van der Waals surface area contributed by atoms with Gasteiger partial charge in [-0.25, -0.2) is 0 Å². The molecule has 1 amide bonds. The highest BCUT2D eigenvalue weighted by molar-refractivity contribution is 5.92. The number of hydrogen-bond donors (Lipinski definition) is 1. The molecule has 1 aromatic heterocycles. The Morgan fingerprint density at radius 3 is 2.36 bits per heavy atom. The summed E-state index contributed by atoms with van der Waals surface area (Å²) in [7, 11) is 0. The number of fused-ring (bicyclic) bond motifs is 1. The van der Waals surface area contributed by atoms with Crippen LogP contribution in [-0.4, -0.2) is 12.5 Å². The topological polar surface area (TPSA) is 77.8 Å². The maximum absolute atomic E-state index is 12.8. The monoisotopic (exact) mass is 443 g/mol. The molecule has 3 aromatic carbocycles. The molecule has 0 aliphatic heterocycles. The molecule has 0 aliphatic carbocycles. The third-order valence-corrected chi connectivity index (χ3v) is 5.16. The van der Waals surface area contributed by atoms with Crippen molar-refractivity contribution in [1.82, 2.24) is 0 Å². The van der Waals surface area contributed by atoms with Crippen molar-refractivity contribution < 1.29 is 18.7 Å². The second kappa shape index (κ2) is 9.20. The smallest absolute Gasteiger partial charge is 0.262 e. The number of carbonyl (C=O) groups excluding carboxylic acids is 1. The number of anilines is 1. The Balaban J connectivity index is 1.46. The standard InChI is InChI=1S/C27H25NO5/c1-16-5-8-23(19(4)10-16)28-26(29)15-31-20-6-7-22-24(13-20)32-14-25(27(22)30)33-21-11-17(2)9-18(3)12-21/h5-14H,15H2,1-4H3,(H,28,29). The molecule has 1 heterocycles. The molecule has 0 saturated heterocycles. The van der Waals surface area contributed by atoms with E-state index in [-0.39, 0.29) is 23.7 Å². The summed E-state index contributed by atoms with van der Waals surface area (Å²) in [5, 5.41) is 3.20. The van der Waals surface area contributed by atoms with E-state index in [2.05, 4.69) is 5.32 Å². The molecule has 0 aliphatic rings. The van der Waals surface area contributed by atoms with E-state index in [9.17, 15) is 9.59 Å². The quantitative estimate of drug-likeness (QED) is 0.405. The van der Waals surface area contributed by atoms with E-state index in [1.165, 1.54) is 6.26 Å². The van der Waals surface area contributed by atoms with Crippen molar-refractivity contribution in [3.8, 4) is 17.2 Å². The predicted molar refractivity (Wildman–Crippen MR) is 129 cm³/mol. The first-order valence-electron chi connectivity index (χ1n) is 10.6. The van der Waals surface area contributed by atoms with E-state index in [0.717, 1.165) is 27.9 Å². The normalized spacial score (nSPS) is 10.8. The van der Waals surface area contributed by atoms with E-state index in [4.69, 9.17) is 13.9 Å². The van der Waals surface area contributed by atoms with Crippen LogP contribution in [0.15, 0.2) is 70.1 Å². The van der Waals surface area contributed by atoms with Crippen LogP contribution in [0.3, 0.4) is 0 Å². The van der Waals surface area contributed by atoms with Gasteiger partial charge in [-0.1, -0.05) is 23.8 Å². The van der Waals surface area contributed by atoms with Gasteiger partial charge in [0, 0.05) is 11.8 Å². The van der Waals surface area contributed by atoms with Gasteiger partial charge in [0.2, 0.25) is 11.2 Å². The van der Waals surface area contributed by atoms with Gasteiger partial charge in [-0.2, -0.15) is 0 Å². The van der Waals surface area contributed by atoms with Gasteiger partial charge in [-0.15, -0.1) is 0 Å². The summed E-state index contributed by atoms with van der Waals surface area (Å²) in [4.78, 5) is 25.1. The molecule has 0 atom stereocenters. The summed E-state index contributed by atoms with van der Waals surface area (Å²) >= 11 is 0. The predicted octanol–water partition coefficient (Wildman–Crippen LogP) is 5.84. The Labute approximate surface area is 191 Å². The highest BCUT2D eigenvalue weighted by Crippen LogP contribution is 2.25. The summed E-state index contributed by atoms with van der Waals surface area (Å²) in [6.07, 6.45) is 1.29. The van der Waals surface area contributed by atoms with Crippen LogP contribution >= 0.6 is 0 Å². The number of amides is 1. The Bertz CT molecular complexity index is 1380. The zero-order chi connectivity index (χ0) is 23.5. The first-order chi connectivity index (χ1) is 15.8. The minimum absolute atomic E-state index is 0.106. The molecule has 33 heavy (non-hydrogen) atoms. The summed E-state index contributed by atoms with van der Waals surface area (Å²) in [5.41, 5.74) is 5.00. The van der Waals surface area contributed by atoms with Crippen LogP contribution < -0.4 is 20.2 Å². The summed E-state index contributed by atoms with van der Waals surface area (Å²) in [6.45, 7) is 7.70. The fourth-order valence-electron chi connectivity index (χ4n) is 3.66. The van der Waals surface area contributed by atoms with Gasteiger partial charge in [-0.05, 0) is 74.7 Å². The van der Waals surface area contributed by atoms with Crippen molar-refractivity contribution in [2.45, 2.75) is 27.7 Å². The minimum Gasteiger partial charge on any atom is -0.484 e. The highest BCUT2D eigenvalue weighted by Gasteiger charge is 2.12. The maximum Gasteiger partial charge on any atom is 0.262 e. The van der Waals surface area contributed by atoms with Gasteiger partial charge in [0.05, 0.1) is 5.39 Å². The van der Waals surface area contributed by atoms with Crippen molar-refractivity contribution in [3.63, 3.8) is 0 Å². The van der Waals surface area contributed by atoms with E-state index in [1.54, 1.807) is 18.2 Å². The largest absolute Gasteiger partial charge is 0.484 e. The molecule has 0 bridgehead atoms. The Morgan fingerprint density at radius 1 is 0.879 bits per heavy atom. The van der Waals surface area contributed by atoms with Gasteiger partial charge in [-0.3, -0.25) is 9.59 Å². The molecule has 0 saturated carbocycles. The number of benzene rings is 3. The number of rotatable bonds is 6. The highest BCUT2D eigenvalue weighted by atomic mass is 16.5. The van der Waals surface area contributed by atoms with Gasteiger partial charge in [0.25, 0.3) is 5.91 Å². The first kappa shape index (κ1) is 22.1. The van der Waals surface area contributed by atoms with E-state index < -0.39 is 0 Å². The number of ether oxygens (including phenoxy) is 2. The van der Waals surface area contributed by atoms with Crippen LogP contribution in [-0.2, 0) is 4.79 Å².